The summed E-state index contributed by atoms with van der Waals surface area (Å²) in [5.74, 6) is 1.49. The largest absolute Gasteiger partial charge is 0.492 e. The maximum atomic E-state index is 13.1. The molecule has 190 valence electrons. The van der Waals surface area contributed by atoms with Crippen molar-refractivity contribution >= 4 is 44.8 Å². The van der Waals surface area contributed by atoms with Gasteiger partial charge in [-0.1, -0.05) is 75.6 Å². The highest BCUT2D eigenvalue weighted by atomic mass is 79.9. The standard InChI is InChI=1S/C32H27BrN2O3/c1-22-7-11-24(12-8-22)30(38-32(36)25-13-9-23(2)10-14-25)21-31-34-28-5-3-4-6-29(28)35(31)19-20-37-27-17-15-26(33)16-18-27/h3-18,21H,19-20H2,1-2H3. The molecule has 5 nitrogen and oxygen atoms in total. The topological polar surface area (TPSA) is 53.3 Å². The molecule has 0 aliphatic rings. The Balaban J connectivity index is 1.49. The Labute approximate surface area is 230 Å². The van der Waals surface area contributed by atoms with Gasteiger partial charge in [0.25, 0.3) is 0 Å². The summed E-state index contributed by atoms with van der Waals surface area (Å²) in [4.78, 5) is 18.0. The van der Waals surface area contributed by atoms with Crippen molar-refractivity contribution in [3.8, 4) is 5.75 Å². The van der Waals surface area contributed by atoms with Crippen LogP contribution in [0, 0.1) is 13.8 Å². The molecule has 0 radical (unpaired) electrons. The maximum absolute atomic E-state index is 13.1. The van der Waals surface area contributed by atoms with E-state index in [1.807, 2.05) is 105 Å². The van der Waals surface area contributed by atoms with E-state index in [0.717, 1.165) is 37.9 Å². The molecule has 0 fully saturated rings. The summed E-state index contributed by atoms with van der Waals surface area (Å²) < 4.78 is 15.1. The van der Waals surface area contributed by atoms with Gasteiger partial charge in [-0.05, 0) is 62.4 Å². The Bertz CT molecular complexity index is 1590. The van der Waals surface area contributed by atoms with E-state index in [4.69, 9.17) is 14.5 Å². The number of carbonyl (C=O) groups excluding carboxylic acids is 1. The first kappa shape index (κ1) is 25.5. The van der Waals surface area contributed by atoms with Crippen molar-refractivity contribution in [1.82, 2.24) is 9.55 Å². The average Bonchev–Trinajstić information content (AvgIpc) is 3.27. The summed E-state index contributed by atoms with van der Waals surface area (Å²) in [6, 6.07) is 31.0. The molecule has 0 bridgehead atoms. The van der Waals surface area contributed by atoms with Gasteiger partial charge in [-0.2, -0.15) is 0 Å². The van der Waals surface area contributed by atoms with Crippen LogP contribution in [0.2, 0.25) is 0 Å². The van der Waals surface area contributed by atoms with Gasteiger partial charge in [0.05, 0.1) is 23.1 Å². The Morgan fingerprint density at radius 1 is 0.842 bits per heavy atom. The van der Waals surface area contributed by atoms with E-state index in [1.165, 1.54) is 0 Å². The summed E-state index contributed by atoms with van der Waals surface area (Å²) in [6.07, 6.45) is 1.83. The zero-order valence-corrected chi connectivity index (χ0v) is 22.8. The molecule has 0 spiro atoms. The van der Waals surface area contributed by atoms with Gasteiger partial charge in [0.1, 0.15) is 23.9 Å². The Morgan fingerprint density at radius 3 is 2.16 bits per heavy atom. The highest BCUT2D eigenvalue weighted by Crippen LogP contribution is 2.25. The molecule has 0 amide bonds. The molecule has 5 rings (SSSR count). The molecular formula is C32H27BrN2O3. The zero-order chi connectivity index (χ0) is 26.5. The number of aromatic nitrogens is 2. The number of halogens is 1. The number of esters is 1. The minimum Gasteiger partial charge on any atom is -0.492 e. The van der Waals surface area contributed by atoms with Crippen molar-refractivity contribution in [3.63, 3.8) is 0 Å². The van der Waals surface area contributed by atoms with Crippen LogP contribution in [-0.4, -0.2) is 22.1 Å². The van der Waals surface area contributed by atoms with Crippen LogP contribution in [0.3, 0.4) is 0 Å². The molecule has 0 aliphatic carbocycles. The third kappa shape index (κ3) is 6.03. The summed E-state index contributed by atoms with van der Waals surface area (Å²) in [6.45, 7) is 5.02. The number of rotatable bonds is 8. The molecule has 5 aromatic rings. The van der Waals surface area contributed by atoms with Crippen LogP contribution in [-0.2, 0) is 11.3 Å². The molecular weight excluding hydrogens is 540 g/mol. The molecule has 0 atom stereocenters. The molecule has 4 aromatic carbocycles. The van der Waals surface area contributed by atoms with Crippen molar-refractivity contribution in [2.24, 2.45) is 0 Å². The normalized spacial score (nSPS) is 11.5. The van der Waals surface area contributed by atoms with Crippen LogP contribution < -0.4 is 4.74 Å². The van der Waals surface area contributed by atoms with Crippen LogP contribution in [0.15, 0.2) is 102 Å². The van der Waals surface area contributed by atoms with Gasteiger partial charge in [0.15, 0.2) is 0 Å². The number of hydrogen-bond donors (Lipinski definition) is 0. The van der Waals surface area contributed by atoms with E-state index in [1.54, 1.807) is 12.1 Å². The molecule has 0 unspecified atom stereocenters. The van der Waals surface area contributed by atoms with Crippen molar-refractivity contribution in [2.45, 2.75) is 20.4 Å². The summed E-state index contributed by atoms with van der Waals surface area (Å²) in [5.41, 5.74) is 5.32. The minimum atomic E-state index is -0.418. The molecule has 0 aliphatic heterocycles. The van der Waals surface area contributed by atoms with Gasteiger partial charge in [-0.25, -0.2) is 9.78 Å². The van der Waals surface area contributed by atoms with Crippen LogP contribution >= 0.6 is 15.9 Å². The second kappa shape index (κ2) is 11.5. The van der Waals surface area contributed by atoms with Crippen molar-refractivity contribution in [3.05, 3.63) is 130 Å². The minimum absolute atomic E-state index is 0.418. The first-order chi connectivity index (χ1) is 18.5. The fourth-order valence-electron chi connectivity index (χ4n) is 4.08. The number of hydrogen-bond acceptors (Lipinski definition) is 4. The molecule has 1 aromatic heterocycles. The quantitative estimate of drug-likeness (QED) is 0.142. The number of imidazole rings is 1. The number of aryl methyl sites for hydroxylation is 2. The Morgan fingerprint density at radius 2 is 1.47 bits per heavy atom. The maximum Gasteiger partial charge on any atom is 0.343 e. The highest BCUT2D eigenvalue weighted by Gasteiger charge is 2.16. The summed E-state index contributed by atoms with van der Waals surface area (Å²) in [7, 11) is 0. The lowest BCUT2D eigenvalue weighted by atomic mass is 10.1. The van der Waals surface area contributed by atoms with Crippen molar-refractivity contribution < 1.29 is 14.3 Å². The SMILES string of the molecule is Cc1ccc(C(=O)OC(=Cc2nc3ccccc3n2CCOc2ccc(Br)cc2)c2ccc(C)cc2)cc1. The molecule has 0 N–H and O–H groups in total. The number of fused-ring (bicyclic) bond motifs is 1. The first-order valence-corrected chi connectivity index (χ1v) is 13.2. The van der Waals surface area contributed by atoms with Gasteiger partial charge < -0.3 is 14.0 Å². The fourth-order valence-corrected chi connectivity index (χ4v) is 4.34. The van der Waals surface area contributed by atoms with Gasteiger partial charge in [-0.3, -0.25) is 0 Å². The summed E-state index contributed by atoms with van der Waals surface area (Å²) in [5, 5.41) is 0. The second-order valence-electron chi connectivity index (χ2n) is 9.04. The van der Waals surface area contributed by atoms with E-state index >= 15 is 0 Å². The van der Waals surface area contributed by atoms with Gasteiger partial charge in [0, 0.05) is 16.1 Å². The number of nitrogens with zero attached hydrogens (tertiary/aromatic N) is 2. The zero-order valence-electron chi connectivity index (χ0n) is 21.2. The fraction of sp³-hybridized carbons (Fsp3) is 0.125. The number of para-hydroxylation sites is 2. The predicted molar refractivity (Wildman–Crippen MR) is 155 cm³/mol. The molecule has 0 saturated carbocycles. The summed E-state index contributed by atoms with van der Waals surface area (Å²) >= 11 is 3.45. The van der Waals surface area contributed by atoms with Crippen LogP contribution in [0.1, 0.15) is 32.9 Å². The van der Waals surface area contributed by atoms with Gasteiger partial charge in [0.2, 0.25) is 0 Å². The molecule has 38 heavy (non-hydrogen) atoms. The lowest BCUT2D eigenvalue weighted by Gasteiger charge is -2.12. The van der Waals surface area contributed by atoms with Gasteiger partial charge in [-0.15, -0.1) is 0 Å². The van der Waals surface area contributed by atoms with Crippen molar-refractivity contribution in [1.29, 1.82) is 0 Å². The van der Waals surface area contributed by atoms with Crippen molar-refractivity contribution in [2.75, 3.05) is 6.61 Å². The first-order valence-electron chi connectivity index (χ1n) is 12.4. The van der Waals surface area contributed by atoms with Crippen LogP contribution in [0.25, 0.3) is 22.9 Å². The third-order valence-electron chi connectivity index (χ3n) is 6.17. The van der Waals surface area contributed by atoms with E-state index in [2.05, 4.69) is 20.5 Å². The van der Waals surface area contributed by atoms with Crippen LogP contribution in [0.4, 0.5) is 0 Å². The van der Waals surface area contributed by atoms with E-state index in [9.17, 15) is 4.79 Å². The highest BCUT2D eigenvalue weighted by molar-refractivity contribution is 9.10. The van der Waals surface area contributed by atoms with E-state index in [0.29, 0.717) is 30.3 Å². The Hall–Kier alpha value is -4.16. The number of ether oxygens (including phenoxy) is 2. The lowest BCUT2D eigenvalue weighted by Crippen LogP contribution is -2.10. The van der Waals surface area contributed by atoms with Gasteiger partial charge >= 0.3 is 5.97 Å². The third-order valence-corrected chi connectivity index (χ3v) is 6.70. The average molecular weight is 567 g/mol. The second-order valence-corrected chi connectivity index (χ2v) is 9.96. The Kier molecular flexibility index (Phi) is 7.70. The molecule has 0 saturated heterocycles. The number of carbonyl (C=O) groups is 1. The monoisotopic (exact) mass is 566 g/mol. The molecule has 6 heteroatoms. The smallest absolute Gasteiger partial charge is 0.343 e. The number of benzene rings is 4. The van der Waals surface area contributed by atoms with E-state index in [-0.39, 0.29) is 0 Å². The molecule has 1 heterocycles. The van der Waals surface area contributed by atoms with Crippen LogP contribution in [0.5, 0.6) is 5.75 Å². The van der Waals surface area contributed by atoms with E-state index < -0.39 is 5.97 Å². The predicted octanol–water partition coefficient (Wildman–Crippen LogP) is 7.85. The lowest BCUT2D eigenvalue weighted by molar-refractivity contribution is 0.0693.